The zero-order valence-corrected chi connectivity index (χ0v) is 19.4. The molecule has 0 saturated heterocycles. The van der Waals surface area contributed by atoms with Crippen LogP contribution < -0.4 is 10.6 Å². The van der Waals surface area contributed by atoms with Crippen LogP contribution in [0.15, 0.2) is 77.4 Å². The Kier molecular flexibility index (Phi) is 7.22. The molecule has 2 aromatic heterocycles. The van der Waals surface area contributed by atoms with Crippen molar-refractivity contribution in [2.45, 2.75) is 39.7 Å². The molecule has 0 fully saturated rings. The average molecular weight is 457 g/mol. The zero-order chi connectivity index (χ0) is 23.9. The van der Waals surface area contributed by atoms with Crippen LogP contribution in [-0.4, -0.2) is 21.6 Å². The molecule has 4 aromatic rings. The van der Waals surface area contributed by atoms with Crippen LogP contribution in [0, 0.1) is 13.8 Å². The van der Waals surface area contributed by atoms with Gasteiger partial charge in [0.05, 0.1) is 24.2 Å². The van der Waals surface area contributed by atoms with E-state index in [9.17, 15) is 9.59 Å². The number of carbonyl (C=O) groups is 2. The van der Waals surface area contributed by atoms with E-state index in [0.29, 0.717) is 24.5 Å². The van der Waals surface area contributed by atoms with Gasteiger partial charge in [0.1, 0.15) is 11.6 Å². The monoisotopic (exact) mass is 456 g/mol. The minimum absolute atomic E-state index is 0.116. The van der Waals surface area contributed by atoms with Crippen LogP contribution >= 0.6 is 0 Å². The molecule has 2 aromatic carbocycles. The van der Waals surface area contributed by atoms with Crippen molar-refractivity contribution in [1.29, 1.82) is 0 Å². The molecule has 174 valence electrons. The molecule has 2 heterocycles. The van der Waals surface area contributed by atoms with E-state index in [1.54, 1.807) is 23.1 Å². The first-order valence-electron chi connectivity index (χ1n) is 11.3. The number of hydrogen-bond acceptors (Lipinski definition) is 4. The standard InChI is InChI=1S/C27H28N4O3/c1-19-13-15-22(16-14-19)31-27(26(20(2)30-31)21-8-4-3-5-9-21)29-25(33)12-6-11-24(32)28-18-23-10-7-17-34-23/h3-5,7-10,13-17H,6,11-12,18H2,1-2H3,(H,28,32)(H,29,33). The number of aryl methyl sites for hydroxylation is 2. The molecule has 7 nitrogen and oxygen atoms in total. The SMILES string of the molecule is Cc1ccc(-n2nc(C)c(-c3ccccc3)c2NC(=O)CCCC(=O)NCc2ccco2)cc1. The smallest absolute Gasteiger partial charge is 0.225 e. The van der Waals surface area contributed by atoms with E-state index in [0.717, 1.165) is 28.1 Å². The van der Waals surface area contributed by atoms with Gasteiger partial charge in [0, 0.05) is 18.4 Å². The number of nitrogens with zero attached hydrogens (tertiary/aromatic N) is 2. The molecule has 34 heavy (non-hydrogen) atoms. The summed E-state index contributed by atoms with van der Waals surface area (Å²) in [6, 6.07) is 21.5. The van der Waals surface area contributed by atoms with Crippen molar-refractivity contribution < 1.29 is 14.0 Å². The Morgan fingerprint density at radius 1 is 0.912 bits per heavy atom. The first-order valence-corrected chi connectivity index (χ1v) is 11.3. The third-order valence-corrected chi connectivity index (χ3v) is 5.51. The topological polar surface area (TPSA) is 89.2 Å². The fourth-order valence-electron chi connectivity index (χ4n) is 3.76. The number of nitrogens with one attached hydrogen (secondary N) is 2. The highest BCUT2D eigenvalue weighted by molar-refractivity contribution is 5.95. The molecule has 2 N–H and O–H groups in total. The van der Waals surface area contributed by atoms with Crippen LogP contribution in [0.2, 0.25) is 0 Å². The van der Waals surface area contributed by atoms with Crippen molar-refractivity contribution in [3.8, 4) is 16.8 Å². The van der Waals surface area contributed by atoms with Gasteiger partial charge in [-0.3, -0.25) is 9.59 Å². The number of furan rings is 1. The summed E-state index contributed by atoms with van der Waals surface area (Å²) < 4.78 is 6.98. The normalized spacial score (nSPS) is 10.8. The van der Waals surface area contributed by atoms with Gasteiger partial charge in [0.2, 0.25) is 11.8 Å². The van der Waals surface area contributed by atoms with E-state index in [1.807, 2.05) is 68.4 Å². The maximum Gasteiger partial charge on any atom is 0.225 e. The highest BCUT2D eigenvalue weighted by Crippen LogP contribution is 2.33. The number of aromatic nitrogens is 2. The van der Waals surface area contributed by atoms with E-state index >= 15 is 0 Å². The Hall–Kier alpha value is -4.13. The number of amides is 2. The summed E-state index contributed by atoms with van der Waals surface area (Å²) in [4.78, 5) is 25.0. The van der Waals surface area contributed by atoms with Gasteiger partial charge in [0.15, 0.2) is 0 Å². The van der Waals surface area contributed by atoms with Crippen molar-refractivity contribution >= 4 is 17.6 Å². The average Bonchev–Trinajstić information content (AvgIpc) is 3.47. The van der Waals surface area contributed by atoms with Gasteiger partial charge in [-0.15, -0.1) is 0 Å². The third-order valence-electron chi connectivity index (χ3n) is 5.51. The Labute approximate surface area is 198 Å². The lowest BCUT2D eigenvalue weighted by atomic mass is 10.1. The number of rotatable bonds is 9. The van der Waals surface area contributed by atoms with Crippen molar-refractivity contribution in [3.63, 3.8) is 0 Å². The molecular formula is C27H28N4O3. The highest BCUT2D eigenvalue weighted by Gasteiger charge is 2.20. The van der Waals surface area contributed by atoms with Crippen LogP contribution in [0.5, 0.6) is 0 Å². The summed E-state index contributed by atoms with van der Waals surface area (Å²) in [5, 5.41) is 10.6. The largest absolute Gasteiger partial charge is 0.467 e. The number of carbonyl (C=O) groups excluding carboxylic acids is 2. The molecule has 7 heteroatoms. The van der Waals surface area contributed by atoms with Crippen molar-refractivity contribution in [3.05, 3.63) is 90.0 Å². The summed E-state index contributed by atoms with van der Waals surface area (Å²) in [5.41, 5.74) is 4.69. The third kappa shape index (κ3) is 5.61. The maximum absolute atomic E-state index is 12.9. The molecule has 0 radical (unpaired) electrons. The zero-order valence-electron chi connectivity index (χ0n) is 19.4. The Morgan fingerprint density at radius 2 is 1.65 bits per heavy atom. The first kappa shape index (κ1) is 23.0. The molecule has 0 bridgehead atoms. The van der Waals surface area contributed by atoms with Crippen LogP contribution in [0.1, 0.15) is 36.3 Å². The number of anilines is 1. The molecule has 0 atom stereocenters. The highest BCUT2D eigenvalue weighted by atomic mass is 16.3. The van der Waals surface area contributed by atoms with Gasteiger partial charge in [-0.05, 0) is 50.1 Å². The van der Waals surface area contributed by atoms with E-state index in [2.05, 4.69) is 10.6 Å². The summed E-state index contributed by atoms with van der Waals surface area (Å²) >= 11 is 0. The molecule has 0 aliphatic carbocycles. The second kappa shape index (κ2) is 10.7. The summed E-state index contributed by atoms with van der Waals surface area (Å²) in [6.45, 7) is 4.31. The maximum atomic E-state index is 12.9. The van der Waals surface area contributed by atoms with Crippen LogP contribution in [-0.2, 0) is 16.1 Å². The second-order valence-electron chi connectivity index (χ2n) is 8.18. The Bertz CT molecular complexity index is 1240. The molecule has 0 aliphatic rings. The second-order valence-corrected chi connectivity index (χ2v) is 8.18. The van der Waals surface area contributed by atoms with Crippen molar-refractivity contribution in [2.75, 3.05) is 5.32 Å². The summed E-state index contributed by atoms with van der Waals surface area (Å²) in [5.74, 6) is 1.04. The minimum Gasteiger partial charge on any atom is -0.467 e. The van der Waals surface area contributed by atoms with Crippen LogP contribution in [0.3, 0.4) is 0 Å². The van der Waals surface area contributed by atoms with Gasteiger partial charge < -0.3 is 15.1 Å². The number of hydrogen-bond donors (Lipinski definition) is 2. The quantitative estimate of drug-likeness (QED) is 0.363. The van der Waals surface area contributed by atoms with Crippen molar-refractivity contribution in [1.82, 2.24) is 15.1 Å². The molecule has 0 aliphatic heterocycles. The van der Waals surface area contributed by atoms with E-state index < -0.39 is 0 Å². The van der Waals surface area contributed by atoms with Gasteiger partial charge in [-0.1, -0.05) is 48.0 Å². The molecule has 2 amide bonds. The van der Waals surface area contributed by atoms with Gasteiger partial charge in [-0.2, -0.15) is 5.10 Å². The predicted molar refractivity (Wildman–Crippen MR) is 132 cm³/mol. The predicted octanol–water partition coefficient (Wildman–Crippen LogP) is 5.17. The van der Waals surface area contributed by atoms with Crippen LogP contribution in [0.25, 0.3) is 16.8 Å². The fraction of sp³-hybridized carbons (Fsp3) is 0.222. The van der Waals surface area contributed by atoms with E-state index in [-0.39, 0.29) is 24.7 Å². The van der Waals surface area contributed by atoms with Crippen molar-refractivity contribution in [2.24, 2.45) is 0 Å². The van der Waals surface area contributed by atoms with Gasteiger partial charge in [0.25, 0.3) is 0 Å². The fourth-order valence-corrected chi connectivity index (χ4v) is 3.76. The molecule has 0 unspecified atom stereocenters. The molecule has 4 rings (SSSR count). The molecule has 0 saturated carbocycles. The van der Waals surface area contributed by atoms with E-state index in [1.165, 1.54) is 0 Å². The lowest BCUT2D eigenvalue weighted by Gasteiger charge is -2.12. The minimum atomic E-state index is -0.163. The Morgan fingerprint density at radius 3 is 2.35 bits per heavy atom. The van der Waals surface area contributed by atoms with Gasteiger partial charge >= 0.3 is 0 Å². The molecule has 0 spiro atoms. The van der Waals surface area contributed by atoms with Gasteiger partial charge in [-0.25, -0.2) is 4.68 Å². The lowest BCUT2D eigenvalue weighted by molar-refractivity contribution is -0.121. The molecular weight excluding hydrogens is 428 g/mol. The van der Waals surface area contributed by atoms with Crippen LogP contribution in [0.4, 0.5) is 5.82 Å². The first-order chi connectivity index (χ1) is 16.5. The summed E-state index contributed by atoms with van der Waals surface area (Å²) in [7, 11) is 0. The number of benzene rings is 2. The van der Waals surface area contributed by atoms with E-state index in [4.69, 9.17) is 9.52 Å². The lowest BCUT2D eigenvalue weighted by Crippen LogP contribution is -2.23. The summed E-state index contributed by atoms with van der Waals surface area (Å²) in [6.07, 6.45) is 2.49. The Balaban J connectivity index is 1.46.